The zero-order chi connectivity index (χ0) is 18.0. The summed E-state index contributed by atoms with van der Waals surface area (Å²) in [7, 11) is -1.46. The second-order valence-electron chi connectivity index (χ2n) is 6.61. The van der Waals surface area contributed by atoms with Crippen molar-refractivity contribution < 1.29 is 4.79 Å². The summed E-state index contributed by atoms with van der Waals surface area (Å²) in [6.07, 6.45) is 4.97. The van der Waals surface area contributed by atoms with Gasteiger partial charge in [0.25, 0.3) is 5.91 Å². The molecule has 0 spiro atoms. The van der Waals surface area contributed by atoms with Gasteiger partial charge in [-0.1, -0.05) is 25.6 Å². The summed E-state index contributed by atoms with van der Waals surface area (Å²) < 4.78 is 0. The van der Waals surface area contributed by atoms with Crippen molar-refractivity contribution >= 4 is 46.9 Å². The van der Waals surface area contributed by atoms with E-state index in [0.717, 1.165) is 15.8 Å². The molecule has 0 aliphatic heterocycles. The van der Waals surface area contributed by atoms with E-state index in [-0.39, 0.29) is 5.91 Å². The predicted octanol–water partition coefficient (Wildman–Crippen LogP) is 3.75. The summed E-state index contributed by atoms with van der Waals surface area (Å²) in [5.74, 6) is 2.92. The molecule has 3 aromatic heterocycles. The molecule has 0 saturated heterocycles. The Morgan fingerprint density at radius 1 is 1.28 bits per heavy atom. The van der Waals surface area contributed by atoms with Crippen molar-refractivity contribution in [3.05, 3.63) is 47.2 Å². The van der Waals surface area contributed by atoms with Crippen LogP contribution >= 0.6 is 11.3 Å². The molecule has 3 N–H and O–H groups in total. The minimum absolute atomic E-state index is 0.249. The molecule has 3 aromatic rings. The third-order valence-corrected chi connectivity index (χ3v) is 5.31. The summed E-state index contributed by atoms with van der Waals surface area (Å²) >= 11 is 1.28. The van der Waals surface area contributed by atoms with Gasteiger partial charge in [0.15, 0.2) is 0 Å². The van der Waals surface area contributed by atoms with Crippen molar-refractivity contribution in [3.8, 4) is 11.5 Å². The average molecular weight is 367 g/mol. The lowest BCUT2D eigenvalue weighted by Gasteiger charge is -2.03. The number of thiophene rings is 1. The van der Waals surface area contributed by atoms with E-state index in [4.69, 9.17) is 5.73 Å². The Balaban J connectivity index is 1.94. The van der Waals surface area contributed by atoms with Gasteiger partial charge in [0, 0.05) is 35.2 Å². The van der Waals surface area contributed by atoms with Gasteiger partial charge in [-0.25, -0.2) is 4.98 Å². The molecule has 3 rings (SSSR count). The number of rotatable bonds is 2. The molecular formula is C18H18N4OSSi. The molecule has 3 heterocycles. The van der Waals surface area contributed by atoms with E-state index in [1.807, 2.05) is 6.07 Å². The van der Waals surface area contributed by atoms with E-state index >= 15 is 0 Å². The fourth-order valence-electron chi connectivity index (χ4n) is 2.12. The molecule has 0 bridgehead atoms. The smallest absolute Gasteiger partial charge is 0.267 e. The van der Waals surface area contributed by atoms with Crippen LogP contribution in [0.5, 0.6) is 0 Å². The van der Waals surface area contributed by atoms with Crippen LogP contribution in [0.3, 0.4) is 0 Å². The number of carbonyl (C=O) groups is 1. The maximum atomic E-state index is 12.5. The lowest BCUT2D eigenvalue weighted by molar-refractivity contribution is 0.103. The van der Waals surface area contributed by atoms with Gasteiger partial charge in [0.1, 0.15) is 17.8 Å². The number of hydrogen-bond acceptors (Lipinski definition) is 5. The zero-order valence-electron chi connectivity index (χ0n) is 14.3. The van der Waals surface area contributed by atoms with Gasteiger partial charge in [-0.2, -0.15) is 0 Å². The largest absolute Gasteiger partial charge is 0.397 e. The first-order chi connectivity index (χ1) is 11.8. The Morgan fingerprint density at radius 3 is 2.68 bits per heavy atom. The van der Waals surface area contributed by atoms with Crippen LogP contribution in [0.2, 0.25) is 19.6 Å². The number of pyridine rings is 2. The number of anilines is 2. The minimum atomic E-state index is -1.46. The molecule has 0 radical (unpaired) electrons. The van der Waals surface area contributed by atoms with Gasteiger partial charge in [-0.15, -0.1) is 16.9 Å². The Labute approximate surface area is 151 Å². The summed E-state index contributed by atoms with van der Waals surface area (Å²) in [4.78, 5) is 22.0. The standard InChI is InChI=1S/C18H18N4OSSi/c1-25(2,3)9-6-12-10-14-15(19)16(24-18(14)21-11-12)17(23)22-13-4-7-20-8-5-13/h4-5,7-8,10-11H,19H2,1-3H3,(H,20,22,23). The molecule has 1 amide bonds. The molecule has 0 saturated carbocycles. The Kier molecular flexibility index (Phi) is 4.57. The van der Waals surface area contributed by atoms with Crippen LogP contribution in [0, 0.1) is 11.5 Å². The van der Waals surface area contributed by atoms with E-state index in [1.165, 1.54) is 11.3 Å². The van der Waals surface area contributed by atoms with E-state index in [0.29, 0.717) is 16.3 Å². The van der Waals surface area contributed by atoms with Crippen LogP contribution in [0.15, 0.2) is 36.8 Å². The maximum absolute atomic E-state index is 12.5. The molecule has 0 unspecified atom stereocenters. The Hall–Kier alpha value is -2.69. The van der Waals surface area contributed by atoms with Crippen LogP contribution in [0.1, 0.15) is 15.2 Å². The third kappa shape index (κ3) is 4.05. The second-order valence-corrected chi connectivity index (χ2v) is 12.4. The first-order valence-electron chi connectivity index (χ1n) is 7.76. The Bertz CT molecular complexity index is 997. The number of nitrogens with one attached hydrogen (secondary N) is 1. The maximum Gasteiger partial charge on any atom is 0.267 e. The molecule has 0 fully saturated rings. The molecule has 126 valence electrons. The van der Waals surface area contributed by atoms with Crippen LogP contribution in [0.25, 0.3) is 10.2 Å². The van der Waals surface area contributed by atoms with E-state index in [1.54, 1.807) is 30.7 Å². The number of nitrogens with two attached hydrogens (primary N) is 1. The molecule has 5 nitrogen and oxygen atoms in total. The minimum Gasteiger partial charge on any atom is -0.397 e. The normalized spacial score (nSPS) is 11.0. The van der Waals surface area contributed by atoms with Crippen molar-refractivity contribution in [2.75, 3.05) is 11.1 Å². The SMILES string of the molecule is C[Si](C)(C)C#Cc1cnc2sc(C(=O)Nc3ccncc3)c(N)c2c1. The highest BCUT2D eigenvalue weighted by Gasteiger charge is 2.17. The van der Waals surface area contributed by atoms with Crippen LogP contribution in [-0.2, 0) is 0 Å². The lowest BCUT2D eigenvalue weighted by Crippen LogP contribution is -2.16. The molecule has 0 aromatic carbocycles. The van der Waals surface area contributed by atoms with Crippen molar-refractivity contribution in [1.82, 2.24) is 9.97 Å². The number of fused-ring (bicyclic) bond motifs is 1. The number of amides is 1. The van der Waals surface area contributed by atoms with Gasteiger partial charge in [-0.05, 0) is 18.2 Å². The van der Waals surface area contributed by atoms with Gasteiger partial charge in [-0.3, -0.25) is 9.78 Å². The fraction of sp³-hybridized carbons (Fsp3) is 0.167. The predicted molar refractivity (Wildman–Crippen MR) is 106 cm³/mol. The topological polar surface area (TPSA) is 80.9 Å². The highest BCUT2D eigenvalue weighted by molar-refractivity contribution is 7.21. The van der Waals surface area contributed by atoms with Crippen LogP contribution < -0.4 is 11.1 Å². The second kappa shape index (κ2) is 6.67. The molecule has 25 heavy (non-hydrogen) atoms. The van der Waals surface area contributed by atoms with Crippen LogP contribution in [0.4, 0.5) is 11.4 Å². The van der Waals surface area contributed by atoms with Gasteiger partial charge in [0.2, 0.25) is 0 Å². The van der Waals surface area contributed by atoms with Crippen molar-refractivity contribution in [1.29, 1.82) is 0 Å². The quantitative estimate of drug-likeness (QED) is 0.534. The third-order valence-electron chi connectivity index (χ3n) is 3.31. The van der Waals surface area contributed by atoms with Crippen LogP contribution in [-0.4, -0.2) is 23.9 Å². The summed E-state index contributed by atoms with van der Waals surface area (Å²) in [5, 5.41) is 3.59. The number of nitrogens with zero attached hydrogens (tertiary/aromatic N) is 2. The van der Waals surface area contributed by atoms with E-state index in [2.05, 4.69) is 46.4 Å². The molecule has 0 atom stereocenters. The fourth-order valence-corrected chi connectivity index (χ4v) is 3.58. The number of aromatic nitrogens is 2. The van der Waals surface area contributed by atoms with Crippen molar-refractivity contribution in [3.63, 3.8) is 0 Å². The first kappa shape index (κ1) is 17.1. The molecular weight excluding hydrogens is 348 g/mol. The number of carbonyl (C=O) groups excluding carboxylic acids is 1. The Morgan fingerprint density at radius 2 is 2.00 bits per heavy atom. The highest BCUT2D eigenvalue weighted by Crippen LogP contribution is 2.33. The first-order valence-corrected chi connectivity index (χ1v) is 12.1. The number of nitrogen functional groups attached to an aromatic ring is 1. The summed E-state index contributed by atoms with van der Waals surface area (Å²) in [6, 6.07) is 5.36. The van der Waals surface area contributed by atoms with E-state index in [9.17, 15) is 4.79 Å². The highest BCUT2D eigenvalue weighted by atomic mass is 32.1. The molecule has 0 aliphatic rings. The lowest BCUT2D eigenvalue weighted by atomic mass is 10.2. The average Bonchev–Trinajstić information content (AvgIpc) is 2.90. The van der Waals surface area contributed by atoms with Gasteiger partial charge >= 0.3 is 0 Å². The molecule has 0 aliphatic carbocycles. The van der Waals surface area contributed by atoms with E-state index < -0.39 is 8.07 Å². The van der Waals surface area contributed by atoms with Gasteiger partial charge < -0.3 is 11.1 Å². The zero-order valence-corrected chi connectivity index (χ0v) is 16.1. The van der Waals surface area contributed by atoms with Crippen molar-refractivity contribution in [2.24, 2.45) is 0 Å². The summed E-state index contributed by atoms with van der Waals surface area (Å²) in [6.45, 7) is 6.56. The van der Waals surface area contributed by atoms with Gasteiger partial charge in [0.05, 0.1) is 5.69 Å². The molecule has 7 heteroatoms. The summed E-state index contributed by atoms with van der Waals surface area (Å²) in [5.41, 5.74) is 11.4. The number of hydrogen-bond donors (Lipinski definition) is 2. The monoisotopic (exact) mass is 366 g/mol. The van der Waals surface area contributed by atoms with Crippen molar-refractivity contribution in [2.45, 2.75) is 19.6 Å².